The van der Waals surface area contributed by atoms with Crippen LogP contribution >= 0.6 is 15.9 Å². The van der Waals surface area contributed by atoms with E-state index < -0.39 is 0 Å². The molecule has 0 fully saturated rings. The molecule has 0 saturated heterocycles. The number of likely N-dealkylation sites (N-methyl/N-ethyl adjacent to an activating group) is 1. The molecule has 0 aliphatic carbocycles. The fourth-order valence-corrected chi connectivity index (χ4v) is 2.72. The summed E-state index contributed by atoms with van der Waals surface area (Å²) in [6, 6.07) is 3.82. The third-order valence-corrected chi connectivity index (χ3v) is 3.80. The van der Waals surface area contributed by atoms with Gasteiger partial charge in [-0.1, -0.05) is 6.07 Å². The van der Waals surface area contributed by atoms with Gasteiger partial charge < -0.3 is 14.8 Å². The Morgan fingerprint density at radius 1 is 1.27 bits per heavy atom. The van der Waals surface area contributed by atoms with Crippen molar-refractivity contribution in [1.82, 2.24) is 10.2 Å². The normalized spacial score (nSPS) is 11.5. The zero-order valence-corrected chi connectivity index (χ0v) is 15.7. The van der Waals surface area contributed by atoms with Gasteiger partial charge >= 0.3 is 0 Å². The van der Waals surface area contributed by atoms with Crippen molar-refractivity contribution in [2.75, 3.05) is 27.8 Å². The molecule has 124 valence electrons. The fourth-order valence-electron chi connectivity index (χ4n) is 2.10. The van der Waals surface area contributed by atoms with Crippen LogP contribution in [0.3, 0.4) is 0 Å². The summed E-state index contributed by atoms with van der Waals surface area (Å²) in [5.74, 6) is 1.34. The SMILES string of the molecule is COc1ccc(CN(C)CC(=O)NC(C)(C)C)c(Br)c1OC. The topological polar surface area (TPSA) is 50.8 Å². The number of benzene rings is 1. The van der Waals surface area contributed by atoms with Crippen LogP contribution in [0, 0.1) is 0 Å². The third-order valence-electron chi connectivity index (χ3n) is 2.93. The maximum absolute atomic E-state index is 12.0. The molecule has 1 aromatic rings. The number of hydrogen-bond acceptors (Lipinski definition) is 4. The number of nitrogens with zero attached hydrogens (tertiary/aromatic N) is 1. The van der Waals surface area contributed by atoms with Gasteiger partial charge in [-0.3, -0.25) is 9.69 Å². The second kappa shape index (κ2) is 7.83. The van der Waals surface area contributed by atoms with E-state index in [9.17, 15) is 4.79 Å². The molecule has 0 aromatic heterocycles. The Hall–Kier alpha value is -1.27. The maximum atomic E-state index is 12.0. The molecule has 0 saturated carbocycles. The lowest BCUT2D eigenvalue weighted by atomic mass is 10.1. The average molecular weight is 373 g/mol. The monoisotopic (exact) mass is 372 g/mol. The van der Waals surface area contributed by atoms with Crippen LogP contribution in [0.1, 0.15) is 26.3 Å². The first-order valence-electron chi connectivity index (χ1n) is 7.07. The molecule has 0 bridgehead atoms. The summed E-state index contributed by atoms with van der Waals surface area (Å²) in [5.41, 5.74) is 0.811. The van der Waals surface area contributed by atoms with E-state index in [1.807, 2.05) is 44.9 Å². The highest BCUT2D eigenvalue weighted by Gasteiger charge is 2.17. The second-order valence-corrected chi connectivity index (χ2v) is 7.04. The molecule has 22 heavy (non-hydrogen) atoms. The molecule has 1 N–H and O–H groups in total. The van der Waals surface area contributed by atoms with Gasteiger partial charge in [-0.15, -0.1) is 0 Å². The lowest BCUT2D eigenvalue weighted by Gasteiger charge is -2.24. The Morgan fingerprint density at radius 3 is 2.41 bits per heavy atom. The highest BCUT2D eigenvalue weighted by molar-refractivity contribution is 9.10. The van der Waals surface area contributed by atoms with Crippen molar-refractivity contribution < 1.29 is 14.3 Å². The van der Waals surface area contributed by atoms with Gasteiger partial charge in [-0.2, -0.15) is 0 Å². The Kier molecular flexibility index (Phi) is 6.68. The Morgan fingerprint density at radius 2 is 1.91 bits per heavy atom. The fraction of sp³-hybridized carbons (Fsp3) is 0.562. The molecule has 5 nitrogen and oxygen atoms in total. The van der Waals surface area contributed by atoms with E-state index in [0.29, 0.717) is 24.6 Å². The smallest absolute Gasteiger partial charge is 0.234 e. The van der Waals surface area contributed by atoms with Crippen LogP contribution in [0.25, 0.3) is 0 Å². The minimum absolute atomic E-state index is 0.00611. The van der Waals surface area contributed by atoms with Crippen molar-refractivity contribution >= 4 is 21.8 Å². The van der Waals surface area contributed by atoms with Crippen LogP contribution in [0.15, 0.2) is 16.6 Å². The van der Waals surface area contributed by atoms with Crippen LogP contribution in [0.2, 0.25) is 0 Å². The van der Waals surface area contributed by atoms with Crippen molar-refractivity contribution in [1.29, 1.82) is 0 Å². The van der Waals surface area contributed by atoms with E-state index in [4.69, 9.17) is 9.47 Å². The number of hydrogen-bond donors (Lipinski definition) is 1. The van der Waals surface area contributed by atoms with Gasteiger partial charge in [0.1, 0.15) is 0 Å². The maximum Gasteiger partial charge on any atom is 0.234 e. The van der Waals surface area contributed by atoms with Gasteiger partial charge in [0.2, 0.25) is 5.91 Å². The summed E-state index contributed by atoms with van der Waals surface area (Å²) < 4.78 is 11.5. The zero-order valence-electron chi connectivity index (χ0n) is 14.1. The van der Waals surface area contributed by atoms with E-state index in [1.165, 1.54) is 0 Å². The van der Waals surface area contributed by atoms with E-state index in [2.05, 4.69) is 21.2 Å². The Bertz CT molecular complexity index is 527. The third kappa shape index (κ3) is 5.50. The van der Waals surface area contributed by atoms with E-state index in [0.717, 1.165) is 10.0 Å². The first-order chi connectivity index (χ1) is 10.2. The molecule has 0 unspecified atom stereocenters. The summed E-state index contributed by atoms with van der Waals surface area (Å²) in [7, 11) is 5.12. The van der Waals surface area contributed by atoms with E-state index in [1.54, 1.807) is 14.2 Å². The van der Waals surface area contributed by atoms with E-state index >= 15 is 0 Å². The summed E-state index contributed by atoms with van der Waals surface area (Å²) in [4.78, 5) is 13.9. The molecule has 1 aromatic carbocycles. The number of ether oxygens (including phenoxy) is 2. The molecular weight excluding hydrogens is 348 g/mol. The molecule has 6 heteroatoms. The molecule has 1 rings (SSSR count). The second-order valence-electron chi connectivity index (χ2n) is 6.24. The highest BCUT2D eigenvalue weighted by Crippen LogP contribution is 2.37. The van der Waals surface area contributed by atoms with Gasteiger partial charge in [0.05, 0.1) is 25.2 Å². The van der Waals surface area contributed by atoms with Crippen molar-refractivity contribution in [2.24, 2.45) is 0 Å². The number of nitrogens with one attached hydrogen (secondary N) is 1. The molecule has 0 atom stereocenters. The summed E-state index contributed by atoms with van der Waals surface area (Å²) >= 11 is 3.54. The molecule has 0 aliphatic heterocycles. The molecule has 1 amide bonds. The summed E-state index contributed by atoms with van der Waals surface area (Å²) in [5, 5.41) is 2.95. The highest BCUT2D eigenvalue weighted by atomic mass is 79.9. The average Bonchev–Trinajstić information content (AvgIpc) is 2.38. The van der Waals surface area contributed by atoms with Crippen LogP contribution in [0.4, 0.5) is 0 Å². The molecule has 0 radical (unpaired) electrons. The van der Waals surface area contributed by atoms with Crippen molar-refractivity contribution in [3.05, 3.63) is 22.2 Å². The van der Waals surface area contributed by atoms with Crippen LogP contribution in [-0.4, -0.2) is 44.2 Å². The van der Waals surface area contributed by atoms with Crippen LogP contribution in [-0.2, 0) is 11.3 Å². The summed E-state index contributed by atoms with van der Waals surface area (Å²) in [6.45, 7) is 6.86. The number of halogens is 1. The summed E-state index contributed by atoms with van der Waals surface area (Å²) in [6.07, 6.45) is 0. The lowest BCUT2D eigenvalue weighted by Crippen LogP contribution is -2.45. The number of carbonyl (C=O) groups is 1. The largest absolute Gasteiger partial charge is 0.493 e. The predicted molar refractivity (Wildman–Crippen MR) is 91.5 cm³/mol. The van der Waals surface area contributed by atoms with Gasteiger partial charge in [0, 0.05) is 12.1 Å². The Balaban J connectivity index is 2.76. The van der Waals surface area contributed by atoms with Crippen molar-refractivity contribution in [3.8, 4) is 11.5 Å². The first-order valence-corrected chi connectivity index (χ1v) is 7.86. The van der Waals surface area contributed by atoms with Crippen LogP contribution in [0.5, 0.6) is 11.5 Å². The number of carbonyl (C=O) groups excluding carboxylic acids is 1. The zero-order chi connectivity index (χ0) is 16.9. The number of methoxy groups -OCH3 is 2. The molecule has 0 heterocycles. The number of amides is 1. The van der Waals surface area contributed by atoms with Crippen LogP contribution < -0.4 is 14.8 Å². The first kappa shape index (κ1) is 18.8. The molecule has 0 aliphatic rings. The van der Waals surface area contributed by atoms with Gasteiger partial charge in [0.25, 0.3) is 0 Å². The Labute approximate surface area is 141 Å². The molecule has 0 spiro atoms. The standard InChI is InChI=1S/C16H25BrN2O3/c1-16(2,3)18-13(20)10-19(4)9-11-7-8-12(21-5)15(22-6)14(11)17/h7-8H,9-10H2,1-6H3,(H,18,20). The van der Waals surface area contributed by atoms with Gasteiger partial charge in [0.15, 0.2) is 11.5 Å². The minimum Gasteiger partial charge on any atom is -0.493 e. The van der Waals surface area contributed by atoms with Gasteiger partial charge in [-0.05, 0) is 55.4 Å². The van der Waals surface area contributed by atoms with Gasteiger partial charge in [-0.25, -0.2) is 0 Å². The quantitative estimate of drug-likeness (QED) is 0.833. The minimum atomic E-state index is -0.220. The lowest BCUT2D eigenvalue weighted by molar-refractivity contribution is -0.123. The van der Waals surface area contributed by atoms with E-state index in [-0.39, 0.29) is 11.4 Å². The number of rotatable bonds is 6. The molecular formula is C16H25BrN2O3. The predicted octanol–water partition coefficient (Wildman–Crippen LogP) is 2.81. The van der Waals surface area contributed by atoms with Crippen molar-refractivity contribution in [3.63, 3.8) is 0 Å². The van der Waals surface area contributed by atoms with Crippen molar-refractivity contribution in [2.45, 2.75) is 32.9 Å².